The third-order valence-corrected chi connectivity index (χ3v) is 13.8. The average molecular weight is 839 g/mol. The van der Waals surface area contributed by atoms with Gasteiger partial charge < -0.3 is 48.7 Å². The topological polar surface area (TPSA) is 198 Å². The lowest BCUT2D eigenvalue weighted by Gasteiger charge is -2.68. The lowest BCUT2D eigenvalue weighted by atomic mass is 9.45. The summed E-state index contributed by atoms with van der Waals surface area (Å²) in [7, 11) is 0. The lowest BCUT2D eigenvalue weighted by Crippen LogP contribution is -2.79. The maximum atomic E-state index is 14.3. The van der Waals surface area contributed by atoms with E-state index in [0.29, 0.717) is 24.0 Å². The van der Waals surface area contributed by atoms with Gasteiger partial charge in [0.05, 0.1) is 24.2 Å². The first-order valence-electron chi connectivity index (χ1n) is 19.9. The van der Waals surface area contributed by atoms with E-state index in [1.165, 1.54) is 19.2 Å². The molecule has 2 saturated carbocycles. The van der Waals surface area contributed by atoms with Crippen LogP contribution in [-0.4, -0.2) is 106 Å². The second-order valence-corrected chi connectivity index (χ2v) is 18.9. The summed E-state index contributed by atoms with van der Waals surface area (Å²) in [6, 6.07) is 6.99. The quantitative estimate of drug-likeness (QED) is 0.171. The minimum atomic E-state index is -2.07. The number of thiazole rings is 1. The Morgan fingerprint density at radius 2 is 1.81 bits per heavy atom. The SMILES string of the molecule is C=C[C@@H]1O[C@@H]2C3=C(C)[C@@H](OC(=O)[C@H](O)[C@@H](NC(=O)OC(C)(C)C)c4nccs4)C[C@@](O)([C@@H](OC(=O)c4ccccc4)[C@H]4[C@@](C)(CC[C@H]5OC[C@]54OC(C)=O)[C@@H]2O1)C3(C)C. The number of nitrogens with one attached hydrogen (secondary N) is 1. The molecule has 320 valence electrons. The number of carbonyl (C=O) groups is 4. The fourth-order valence-electron chi connectivity index (χ4n) is 10.2. The number of alkyl carbamates (subject to hydrolysis) is 1. The minimum Gasteiger partial charge on any atom is -0.456 e. The number of carbonyl (C=O) groups excluding carboxylic acids is 4. The van der Waals surface area contributed by atoms with Crippen LogP contribution in [0, 0.1) is 16.7 Å². The van der Waals surface area contributed by atoms with Crippen molar-refractivity contribution in [2.24, 2.45) is 16.7 Å². The first-order valence-corrected chi connectivity index (χ1v) is 20.8. The zero-order valence-electron chi connectivity index (χ0n) is 34.6. The molecule has 16 heteroatoms. The molecule has 59 heavy (non-hydrogen) atoms. The predicted octanol–water partition coefficient (Wildman–Crippen LogP) is 5.11. The van der Waals surface area contributed by atoms with Crippen LogP contribution in [0.4, 0.5) is 4.79 Å². The van der Waals surface area contributed by atoms with E-state index in [9.17, 15) is 29.4 Å². The van der Waals surface area contributed by atoms with Crippen LogP contribution in [0.25, 0.3) is 0 Å². The van der Waals surface area contributed by atoms with Gasteiger partial charge in [-0.2, -0.15) is 0 Å². The molecule has 1 aromatic heterocycles. The molecule has 3 N–H and O–H groups in total. The Morgan fingerprint density at radius 1 is 1.10 bits per heavy atom. The molecule has 15 nitrogen and oxygen atoms in total. The maximum Gasteiger partial charge on any atom is 0.408 e. The number of aliphatic hydroxyl groups excluding tert-OH is 1. The summed E-state index contributed by atoms with van der Waals surface area (Å²) in [5, 5.41) is 29.8. The van der Waals surface area contributed by atoms with Crippen molar-refractivity contribution in [2.75, 3.05) is 6.61 Å². The molecule has 2 aromatic rings. The van der Waals surface area contributed by atoms with Gasteiger partial charge in [0, 0.05) is 35.8 Å². The number of fused-ring (bicyclic) bond motifs is 8. The van der Waals surface area contributed by atoms with Crippen molar-refractivity contribution in [3.05, 3.63) is 76.3 Å². The van der Waals surface area contributed by atoms with E-state index in [4.69, 9.17) is 33.2 Å². The Hall–Kier alpha value is -4.19. The molecule has 3 aliphatic carbocycles. The van der Waals surface area contributed by atoms with Crippen molar-refractivity contribution in [3.63, 3.8) is 0 Å². The van der Waals surface area contributed by atoms with Gasteiger partial charge in [-0.3, -0.25) is 4.79 Å². The summed E-state index contributed by atoms with van der Waals surface area (Å²) in [5.74, 6) is -3.39. The van der Waals surface area contributed by atoms with Crippen molar-refractivity contribution >= 4 is 35.3 Å². The van der Waals surface area contributed by atoms with Gasteiger partial charge in [-0.15, -0.1) is 11.3 Å². The first kappa shape index (κ1) is 42.9. The van der Waals surface area contributed by atoms with Crippen LogP contribution in [0.3, 0.4) is 0 Å². The van der Waals surface area contributed by atoms with Crippen molar-refractivity contribution < 1.29 is 62.5 Å². The molecule has 0 unspecified atom stereocenters. The second kappa shape index (κ2) is 15.4. The molecule has 1 aromatic carbocycles. The summed E-state index contributed by atoms with van der Waals surface area (Å²) in [6.45, 7) is 17.6. The zero-order valence-corrected chi connectivity index (χ0v) is 35.4. The van der Waals surface area contributed by atoms with Gasteiger partial charge in [0.15, 0.2) is 18.0 Å². The molecule has 1 amide bonds. The molecular formula is C43H54N2O13S. The van der Waals surface area contributed by atoms with E-state index in [0.717, 1.165) is 11.3 Å². The molecule has 7 rings (SSSR count). The van der Waals surface area contributed by atoms with E-state index in [1.807, 2.05) is 20.8 Å². The summed E-state index contributed by atoms with van der Waals surface area (Å²) >= 11 is 1.11. The normalized spacial score (nSPS) is 35.5. The van der Waals surface area contributed by atoms with Crippen molar-refractivity contribution in [3.8, 4) is 0 Å². The number of benzene rings is 1. The van der Waals surface area contributed by atoms with Gasteiger partial charge in [-0.1, -0.05) is 45.5 Å². The summed E-state index contributed by atoms with van der Waals surface area (Å²) in [4.78, 5) is 58.7. The summed E-state index contributed by atoms with van der Waals surface area (Å²) < 4.78 is 43.9. The maximum absolute atomic E-state index is 14.3. The Kier molecular flexibility index (Phi) is 11.2. The van der Waals surface area contributed by atoms with Crippen LogP contribution in [0.5, 0.6) is 0 Å². The van der Waals surface area contributed by atoms with Crippen LogP contribution >= 0.6 is 11.3 Å². The molecule has 5 aliphatic rings. The number of hydrogen-bond acceptors (Lipinski definition) is 15. The highest BCUT2D eigenvalue weighted by Crippen LogP contribution is 2.66. The third-order valence-electron chi connectivity index (χ3n) is 12.9. The predicted molar refractivity (Wildman–Crippen MR) is 211 cm³/mol. The number of amides is 1. The molecule has 4 fully saturated rings. The first-order chi connectivity index (χ1) is 27.7. The van der Waals surface area contributed by atoms with E-state index >= 15 is 0 Å². The van der Waals surface area contributed by atoms with E-state index in [-0.39, 0.29) is 23.6 Å². The summed E-state index contributed by atoms with van der Waals surface area (Å²) in [6.07, 6.45) is -5.04. The molecule has 12 atom stereocenters. The molecule has 2 saturated heterocycles. The highest BCUT2D eigenvalue weighted by Gasteiger charge is 2.77. The molecule has 0 radical (unpaired) electrons. The number of ether oxygens (including phenoxy) is 7. The molecule has 2 aliphatic heterocycles. The van der Waals surface area contributed by atoms with Gasteiger partial charge >= 0.3 is 24.0 Å². The highest BCUT2D eigenvalue weighted by molar-refractivity contribution is 7.09. The lowest BCUT2D eigenvalue weighted by molar-refractivity contribution is -0.345. The number of esters is 3. The molecule has 3 heterocycles. The Morgan fingerprint density at radius 3 is 2.41 bits per heavy atom. The zero-order chi connectivity index (χ0) is 42.9. The van der Waals surface area contributed by atoms with Crippen LogP contribution in [0.1, 0.15) is 96.1 Å². The van der Waals surface area contributed by atoms with E-state index in [2.05, 4.69) is 16.9 Å². The Balaban J connectivity index is 1.37. The number of rotatable bonds is 9. The van der Waals surface area contributed by atoms with Crippen LogP contribution in [0.2, 0.25) is 0 Å². The van der Waals surface area contributed by atoms with Crippen molar-refractivity contribution in [2.45, 2.75) is 140 Å². The van der Waals surface area contributed by atoms with Gasteiger partial charge in [0.1, 0.15) is 46.7 Å². The third kappa shape index (κ3) is 7.28. The largest absolute Gasteiger partial charge is 0.456 e. The van der Waals surface area contributed by atoms with E-state index in [1.54, 1.807) is 63.4 Å². The van der Waals surface area contributed by atoms with E-state index < -0.39 is 107 Å². The fourth-order valence-corrected chi connectivity index (χ4v) is 10.9. The molecular weight excluding hydrogens is 785 g/mol. The monoisotopic (exact) mass is 838 g/mol. The van der Waals surface area contributed by atoms with Crippen molar-refractivity contribution in [1.29, 1.82) is 0 Å². The molecule has 0 spiro atoms. The number of aliphatic hydroxyl groups is 2. The van der Waals surface area contributed by atoms with Crippen LogP contribution < -0.4 is 5.32 Å². The highest BCUT2D eigenvalue weighted by atomic mass is 32.1. The van der Waals surface area contributed by atoms with Crippen molar-refractivity contribution in [1.82, 2.24) is 10.3 Å². The van der Waals surface area contributed by atoms with Gasteiger partial charge in [0.2, 0.25) is 0 Å². The van der Waals surface area contributed by atoms with Gasteiger partial charge in [0.25, 0.3) is 0 Å². The van der Waals surface area contributed by atoms with Gasteiger partial charge in [-0.25, -0.2) is 19.4 Å². The minimum absolute atomic E-state index is 0.0361. The number of aromatic nitrogens is 1. The average Bonchev–Trinajstić information content (AvgIpc) is 3.84. The van der Waals surface area contributed by atoms with Crippen LogP contribution in [-0.2, 0) is 42.7 Å². The Bertz CT molecular complexity index is 2000. The van der Waals surface area contributed by atoms with Gasteiger partial charge in [-0.05, 0) is 69.9 Å². The smallest absolute Gasteiger partial charge is 0.408 e. The van der Waals surface area contributed by atoms with Crippen LogP contribution in [0.15, 0.2) is 65.7 Å². The standard InChI is InChI=1S/C43H54N2O13S/c1-10-27-54-31-28-22(2)25(53-37(49)30(47)29(35-44-18-19-59-35)45-38(50)58-39(4,5)6)20-43(51,40(28,7)8)34(56-36(48)24-14-12-11-13-15-24)32-41(9,33(31)55-27)17-16-26-42(32,21-52-26)57-23(3)46/h10-15,18-19,25-27,29-34,47,51H,1,16-17,20-21H2,2-9H3,(H,45,50)/t25-,26+,27+,29+,30+,31+,32-,33+,34-,41+,42-,43+/m0/s1. The Labute approximate surface area is 347 Å². The number of nitrogens with zero attached hydrogens (tertiary/aromatic N) is 1. The molecule has 2 bridgehead atoms. The fraction of sp³-hybridized carbons (Fsp3) is 0.605. The second-order valence-electron chi connectivity index (χ2n) is 18.0. The summed E-state index contributed by atoms with van der Waals surface area (Å²) in [5.41, 5.74) is -5.29. The number of hydrogen-bond donors (Lipinski definition) is 3.